The number of carbonyl (C=O) groups excluding carboxylic acids is 1. The molecule has 8 heteroatoms. The molecule has 2 aromatic carbocycles. The first-order chi connectivity index (χ1) is 13.0. The summed E-state index contributed by atoms with van der Waals surface area (Å²) in [6.07, 6.45) is 0. The molecular weight excluding hydrogens is 390 g/mol. The summed E-state index contributed by atoms with van der Waals surface area (Å²) in [5.74, 6) is 0.280. The lowest BCUT2D eigenvalue weighted by molar-refractivity contribution is -0.0493. The van der Waals surface area contributed by atoms with Crippen LogP contribution in [0.2, 0.25) is 0 Å². The zero-order chi connectivity index (χ0) is 19.2. The first-order valence-corrected chi connectivity index (χ1v) is 9.87. The van der Waals surface area contributed by atoms with Gasteiger partial charge in [0.25, 0.3) is 5.91 Å². The molecule has 27 heavy (non-hydrogen) atoms. The molecule has 0 aliphatic rings. The Morgan fingerprint density at radius 2 is 1.96 bits per heavy atom. The number of anilines is 1. The quantitative estimate of drug-likeness (QED) is 0.519. The summed E-state index contributed by atoms with van der Waals surface area (Å²) in [5, 5.41) is 4.61. The lowest BCUT2D eigenvalue weighted by Gasteiger charge is -2.11. The number of aryl methyl sites for hydroxylation is 1. The highest BCUT2D eigenvalue weighted by molar-refractivity contribution is 8.00. The van der Waals surface area contributed by atoms with Crippen molar-refractivity contribution in [2.24, 2.45) is 0 Å². The fraction of sp³-hybridized carbons (Fsp3) is 0.158. The van der Waals surface area contributed by atoms with E-state index in [1.165, 1.54) is 12.1 Å². The third-order valence-corrected chi connectivity index (χ3v) is 5.74. The fourth-order valence-electron chi connectivity index (χ4n) is 2.26. The molecule has 0 spiro atoms. The number of benzene rings is 2. The number of thiazole rings is 1. The maximum Gasteiger partial charge on any atom is 0.387 e. The van der Waals surface area contributed by atoms with Crippen molar-refractivity contribution >= 4 is 34.7 Å². The Morgan fingerprint density at radius 1 is 1.22 bits per heavy atom. The van der Waals surface area contributed by atoms with Crippen LogP contribution in [0, 0.1) is 6.92 Å². The first kappa shape index (κ1) is 19.3. The normalized spacial score (nSPS) is 10.8. The van der Waals surface area contributed by atoms with Crippen LogP contribution in [0.5, 0.6) is 5.75 Å². The number of alkyl halides is 2. The first-order valence-electron chi connectivity index (χ1n) is 8.00. The van der Waals surface area contributed by atoms with Gasteiger partial charge in [0.15, 0.2) is 0 Å². The number of para-hydroxylation sites is 2. The number of rotatable bonds is 7. The number of amides is 1. The molecule has 0 aliphatic carbocycles. The van der Waals surface area contributed by atoms with Crippen LogP contribution in [-0.4, -0.2) is 17.5 Å². The average Bonchev–Trinajstić information content (AvgIpc) is 3.07. The van der Waals surface area contributed by atoms with E-state index < -0.39 is 12.5 Å². The minimum absolute atomic E-state index is 0.0763. The fourth-order valence-corrected chi connectivity index (χ4v) is 4.06. The van der Waals surface area contributed by atoms with Gasteiger partial charge in [0.2, 0.25) is 0 Å². The summed E-state index contributed by atoms with van der Waals surface area (Å²) >= 11 is 3.24. The zero-order valence-corrected chi connectivity index (χ0v) is 15.9. The van der Waals surface area contributed by atoms with Crippen LogP contribution in [-0.2, 0) is 5.75 Å². The summed E-state index contributed by atoms with van der Waals surface area (Å²) in [6.45, 7) is -1.00. The molecule has 1 amide bonds. The van der Waals surface area contributed by atoms with Crippen molar-refractivity contribution in [1.82, 2.24) is 4.98 Å². The molecule has 0 bridgehead atoms. The van der Waals surface area contributed by atoms with E-state index in [0.717, 1.165) is 21.3 Å². The monoisotopic (exact) mass is 406 g/mol. The van der Waals surface area contributed by atoms with E-state index in [4.69, 9.17) is 0 Å². The summed E-state index contributed by atoms with van der Waals surface area (Å²) in [4.78, 5) is 16.8. The van der Waals surface area contributed by atoms with Crippen LogP contribution in [0.1, 0.15) is 21.6 Å². The number of aromatic nitrogens is 1. The van der Waals surface area contributed by atoms with Gasteiger partial charge in [0.1, 0.15) is 10.1 Å². The molecule has 0 radical (unpaired) electrons. The minimum Gasteiger partial charge on any atom is -0.433 e. The Kier molecular flexibility index (Phi) is 6.41. The van der Waals surface area contributed by atoms with E-state index in [9.17, 15) is 13.6 Å². The molecule has 0 saturated heterocycles. The molecule has 0 saturated carbocycles. The molecule has 1 heterocycles. The van der Waals surface area contributed by atoms with Gasteiger partial charge >= 0.3 is 6.61 Å². The van der Waals surface area contributed by atoms with Gasteiger partial charge in [-0.25, -0.2) is 4.98 Å². The van der Waals surface area contributed by atoms with E-state index in [1.807, 2.05) is 24.4 Å². The minimum atomic E-state index is -2.96. The van der Waals surface area contributed by atoms with Crippen LogP contribution in [0.25, 0.3) is 0 Å². The Labute approximate surface area is 163 Å². The number of carbonyl (C=O) groups is 1. The molecule has 0 atom stereocenters. The number of halogens is 2. The lowest BCUT2D eigenvalue weighted by Crippen LogP contribution is -2.13. The van der Waals surface area contributed by atoms with Gasteiger partial charge in [-0.2, -0.15) is 8.78 Å². The molecule has 3 aromatic rings. The van der Waals surface area contributed by atoms with Crippen LogP contribution in [0.4, 0.5) is 14.5 Å². The van der Waals surface area contributed by atoms with Crippen molar-refractivity contribution < 1.29 is 18.3 Å². The van der Waals surface area contributed by atoms with Crippen molar-refractivity contribution in [1.29, 1.82) is 0 Å². The van der Waals surface area contributed by atoms with Crippen LogP contribution < -0.4 is 10.1 Å². The molecule has 4 nitrogen and oxygen atoms in total. The SMILES string of the molecule is Cc1csc(SCc2ccc(C(=O)Nc3ccccc3OC(F)F)cc2)n1. The maximum atomic E-state index is 12.5. The van der Waals surface area contributed by atoms with Crippen molar-refractivity contribution in [3.8, 4) is 5.75 Å². The molecule has 1 aromatic heterocycles. The molecule has 140 valence electrons. The van der Waals surface area contributed by atoms with E-state index in [-0.39, 0.29) is 11.4 Å². The van der Waals surface area contributed by atoms with Crippen LogP contribution >= 0.6 is 23.1 Å². The number of nitrogens with one attached hydrogen (secondary N) is 1. The number of hydrogen-bond donors (Lipinski definition) is 1. The van der Waals surface area contributed by atoms with E-state index in [2.05, 4.69) is 15.0 Å². The predicted molar refractivity (Wildman–Crippen MR) is 104 cm³/mol. The molecule has 1 N–H and O–H groups in total. The standard InChI is InChI=1S/C19H16F2N2O2S2/c1-12-10-26-19(22-12)27-11-13-6-8-14(9-7-13)17(24)23-15-4-2-3-5-16(15)25-18(20)21/h2-10,18H,11H2,1H3,(H,23,24). The highest BCUT2D eigenvalue weighted by Crippen LogP contribution is 2.27. The van der Waals surface area contributed by atoms with Gasteiger partial charge < -0.3 is 10.1 Å². The molecule has 3 rings (SSSR count). The highest BCUT2D eigenvalue weighted by atomic mass is 32.2. The largest absolute Gasteiger partial charge is 0.433 e. The zero-order valence-electron chi connectivity index (χ0n) is 14.3. The summed E-state index contributed by atoms with van der Waals surface area (Å²) in [6, 6.07) is 13.2. The Bertz CT molecular complexity index is 914. The summed E-state index contributed by atoms with van der Waals surface area (Å²) < 4.78 is 30.3. The maximum absolute atomic E-state index is 12.5. The summed E-state index contributed by atoms with van der Waals surface area (Å²) in [7, 11) is 0. The Balaban J connectivity index is 1.62. The lowest BCUT2D eigenvalue weighted by atomic mass is 10.1. The van der Waals surface area contributed by atoms with Crippen LogP contribution in [0.15, 0.2) is 58.3 Å². The Morgan fingerprint density at radius 3 is 2.63 bits per heavy atom. The molecular formula is C19H16F2N2O2S2. The van der Waals surface area contributed by atoms with E-state index in [0.29, 0.717) is 5.56 Å². The van der Waals surface area contributed by atoms with Crippen molar-refractivity contribution in [2.45, 2.75) is 23.6 Å². The molecule has 0 unspecified atom stereocenters. The Hall–Kier alpha value is -2.45. The van der Waals surface area contributed by atoms with E-state index in [1.54, 1.807) is 47.4 Å². The van der Waals surface area contributed by atoms with E-state index >= 15 is 0 Å². The number of nitrogens with zero attached hydrogens (tertiary/aromatic N) is 1. The third kappa shape index (κ3) is 5.51. The number of thioether (sulfide) groups is 1. The summed E-state index contributed by atoms with van der Waals surface area (Å²) in [5.41, 5.74) is 2.69. The highest BCUT2D eigenvalue weighted by Gasteiger charge is 2.13. The average molecular weight is 406 g/mol. The second-order valence-corrected chi connectivity index (χ2v) is 7.65. The smallest absolute Gasteiger partial charge is 0.387 e. The van der Waals surface area contributed by atoms with Gasteiger partial charge in [-0.15, -0.1) is 11.3 Å². The van der Waals surface area contributed by atoms with Gasteiger partial charge in [0.05, 0.1) is 5.69 Å². The molecule has 0 aliphatic heterocycles. The number of ether oxygens (including phenoxy) is 1. The second kappa shape index (κ2) is 8.96. The second-order valence-electron chi connectivity index (χ2n) is 5.57. The molecule has 0 fully saturated rings. The van der Waals surface area contributed by atoms with Crippen molar-refractivity contribution in [2.75, 3.05) is 5.32 Å². The topological polar surface area (TPSA) is 51.2 Å². The number of hydrogen-bond acceptors (Lipinski definition) is 5. The third-order valence-electron chi connectivity index (χ3n) is 3.53. The van der Waals surface area contributed by atoms with Gasteiger partial charge in [-0.05, 0) is 36.8 Å². The van der Waals surface area contributed by atoms with Crippen LogP contribution in [0.3, 0.4) is 0 Å². The predicted octanol–water partition coefficient (Wildman–Crippen LogP) is 5.60. The van der Waals surface area contributed by atoms with Crippen molar-refractivity contribution in [3.05, 3.63) is 70.7 Å². The van der Waals surface area contributed by atoms with Gasteiger partial charge in [-0.1, -0.05) is 36.0 Å². The van der Waals surface area contributed by atoms with Crippen molar-refractivity contribution in [3.63, 3.8) is 0 Å². The van der Waals surface area contributed by atoms with Gasteiger partial charge in [-0.3, -0.25) is 4.79 Å². The van der Waals surface area contributed by atoms with Gasteiger partial charge in [0, 0.05) is 22.4 Å².